The second kappa shape index (κ2) is 13.2. The molecule has 0 saturated heterocycles. The molecule has 0 radical (unpaired) electrons. The Morgan fingerprint density at radius 3 is 1.39 bits per heavy atom. The van der Waals surface area contributed by atoms with E-state index in [1.54, 1.807) is 6.92 Å². The second-order valence-electron chi connectivity index (χ2n) is 10.6. The van der Waals surface area contributed by atoms with E-state index in [0.717, 1.165) is 33.6 Å². The molecule has 196 valence electrons. The monoisotopic (exact) mass is 492 g/mol. The minimum Gasteiger partial charge on any atom is -0.365 e. The molecule has 0 unspecified atom stereocenters. The molecular formula is C30H44N4O2. The van der Waals surface area contributed by atoms with Crippen molar-refractivity contribution in [3.8, 4) is 0 Å². The van der Waals surface area contributed by atoms with Crippen LogP contribution in [-0.2, 0) is 9.59 Å². The number of carbonyl (C=O) groups is 2. The van der Waals surface area contributed by atoms with Gasteiger partial charge in [0.25, 0.3) is 0 Å². The molecule has 6 heteroatoms. The smallest absolute Gasteiger partial charge is 0.246 e. The first kappa shape index (κ1) is 29.1. The quantitative estimate of drug-likeness (QED) is 0.253. The van der Waals surface area contributed by atoms with Crippen LogP contribution in [0.5, 0.6) is 0 Å². The fourth-order valence-corrected chi connectivity index (χ4v) is 4.21. The summed E-state index contributed by atoms with van der Waals surface area (Å²) in [7, 11) is 0. The van der Waals surface area contributed by atoms with Crippen molar-refractivity contribution in [3.05, 3.63) is 58.7 Å². The molecule has 2 amide bonds. The molecule has 0 fully saturated rings. The Hall–Kier alpha value is -3.15. The van der Waals surface area contributed by atoms with E-state index >= 15 is 0 Å². The maximum Gasteiger partial charge on any atom is 0.246 e. The van der Waals surface area contributed by atoms with E-state index in [0.29, 0.717) is 29.5 Å². The lowest BCUT2D eigenvalue weighted by Gasteiger charge is -2.20. The van der Waals surface area contributed by atoms with Crippen molar-refractivity contribution in [2.75, 3.05) is 23.7 Å². The number of hydrogen-bond donors (Lipinski definition) is 3. The highest BCUT2D eigenvalue weighted by molar-refractivity contribution is 5.98. The molecule has 0 atom stereocenters. The molecule has 0 saturated carbocycles. The lowest BCUT2D eigenvalue weighted by atomic mass is 9.92. The van der Waals surface area contributed by atoms with Crippen LogP contribution in [0.3, 0.4) is 0 Å². The van der Waals surface area contributed by atoms with Crippen LogP contribution in [0, 0.1) is 0 Å². The van der Waals surface area contributed by atoms with Gasteiger partial charge in [-0.3, -0.25) is 14.6 Å². The van der Waals surface area contributed by atoms with Gasteiger partial charge < -0.3 is 16.0 Å². The number of amidine groups is 1. The third kappa shape index (κ3) is 7.94. The summed E-state index contributed by atoms with van der Waals surface area (Å²) in [5, 5.41) is 9.20. The molecule has 3 N–H and O–H groups in total. The molecule has 0 aliphatic rings. The summed E-state index contributed by atoms with van der Waals surface area (Å²) in [5.41, 5.74) is 6.27. The molecule has 2 aromatic carbocycles. The largest absolute Gasteiger partial charge is 0.365 e. The minimum atomic E-state index is -0.178. The Morgan fingerprint density at radius 2 is 1.03 bits per heavy atom. The van der Waals surface area contributed by atoms with Crippen molar-refractivity contribution >= 4 is 29.0 Å². The van der Waals surface area contributed by atoms with Crippen molar-refractivity contribution in [2.24, 2.45) is 4.99 Å². The highest BCUT2D eigenvalue weighted by Gasteiger charge is 2.17. The number of amides is 2. The molecule has 2 rings (SSSR count). The van der Waals surface area contributed by atoms with E-state index < -0.39 is 0 Å². The third-order valence-corrected chi connectivity index (χ3v) is 6.24. The Balaban J connectivity index is 2.02. The highest BCUT2D eigenvalue weighted by atomic mass is 16.2. The van der Waals surface area contributed by atoms with Crippen LogP contribution in [0.15, 0.2) is 41.4 Å². The molecule has 0 aliphatic heterocycles. The summed E-state index contributed by atoms with van der Waals surface area (Å²) >= 11 is 0. The Kier molecular flexibility index (Phi) is 10.7. The van der Waals surface area contributed by atoms with E-state index in [1.807, 2.05) is 12.1 Å². The van der Waals surface area contributed by atoms with Crippen LogP contribution < -0.4 is 16.0 Å². The maximum absolute atomic E-state index is 12.7. The van der Waals surface area contributed by atoms with E-state index in [9.17, 15) is 9.59 Å². The number of rotatable bonds is 10. The number of aliphatic imine (C=N–C) groups is 1. The van der Waals surface area contributed by atoms with Crippen molar-refractivity contribution < 1.29 is 9.59 Å². The first-order valence-electron chi connectivity index (χ1n) is 13.0. The van der Waals surface area contributed by atoms with Gasteiger partial charge >= 0.3 is 0 Å². The van der Waals surface area contributed by atoms with E-state index in [-0.39, 0.29) is 24.9 Å². The zero-order chi connectivity index (χ0) is 27.0. The first-order valence-corrected chi connectivity index (χ1v) is 13.0. The van der Waals surface area contributed by atoms with Gasteiger partial charge in [0.15, 0.2) is 0 Å². The fourth-order valence-electron chi connectivity index (χ4n) is 4.21. The third-order valence-electron chi connectivity index (χ3n) is 6.24. The molecule has 0 bridgehead atoms. The predicted molar refractivity (Wildman–Crippen MR) is 152 cm³/mol. The standard InChI is InChI=1S/C30H44N4O2/c1-18(2)23-12-10-13-24(19(3)4)29(23)33-27(35)16-31-22(9)32-17-28(36)34-30-25(20(5)6)14-11-15-26(30)21(7)8/h10-15,18-21H,16-17H2,1-9H3,(H,31,32)(H,33,35)(H,34,36). The molecule has 6 nitrogen and oxygen atoms in total. The van der Waals surface area contributed by atoms with E-state index in [1.165, 1.54) is 0 Å². The molecular weight excluding hydrogens is 448 g/mol. The van der Waals surface area contributed by atoms with Gasteiger partial charge in [0.1, 0.15) is 6.54 Å². The maximum atomic E-state index is 12.7. The lowest BCUT2D eigenvalue weighted by Crippen LogP contribution is -2.32. The van der Waals surface area contributed by atoms with Crippen molar-refractivity contribution in [1.82, 2.24) is 5.32 Å². The minimum absolute atomic E-state index is 0.0158. The molecule has 0 heterocycles. The van der Waals surface area contributed by atoms with Crippen LogP contribution in [0.2, 0.25) is 0 Å². The fraction of sp³-hybridized carbons (Fsp3) is 0.500. The number of para-hydroxylation sites is 2. The second-order valence-corrected chi connectivity index (χ2v) is 10.6. The Labute approximate surface area is 217 Å². The van der Waals surface area contributed by atoms with Crippen LogP contribution in [-0.4, -0.2) is 30.7 Å². The van der Waals surface area contributed by atoms with Gasteiger partial charge in [0.2, 0.25) is 11.8 Å². The molecule has 0 aromatic heterocycles. The van der Waals surface area contributed by atoms with Crippen LogP contribution in [0.25, 0.3) is 0 Å². The van der Waals surface area contributed by atoms with E-state index in [2.05, 4.69) is 101 Å². The number of nitrogens with zero attached hydrogens (tertiary/aromatic N) is 1. The van der Waals surface area contributed by atoms with Gasteiger partial charge in [-0.1, -0.05) is 91.8 Å². The average molecular weight is 493 g/mol. The van der Waals surface area contributed by atoms with Crippen LogP contribution in [0.1, 0.15) is 108 Å². The van der Waals surface area contributed by atoms with E-state index in [4.69, 9.17) is 0 Å². The SMILES string of the molecule is CC(=NCC(=O)Nc1c(C(C)C)cccc1C(C)C)NCC(=O)Nc1c(C(C)C)cccc1C(C)C. The molecule has 0 aliphatic carbocycles. The molecule has 2 aromatic rings. The number of benzene rings is 2. The van der Waals surface area contributed by atoms with Gasteiger partial charge in [-0.15, -0.1) is 0 Å². The Morgan fingerprint density at radius 1 is 0.667 bits per heavy atom. The van der Waals surface area contributed by atoms with Gasteiger partial charge in [-0.25, -0.2) is 0 Å². The van der Waals surface area contributed by atoms with Gasteiger partial charge in [-0.2, -0.15) is 0 Å². The summed E-state index contributed by atoms with van der Waals surface area (Å²) in [6, 6.07) is 12.3. The summed E-state index contributed by atoms with van der Waals surface area (Å²) in [6.07, 6.45) is 0. The lowest BCUT2D eigenvalue weighted by molar-refractivity contribution is -0.115. The number of carbonyl (C=O) groups excluding carboxylic acids is 2. The van der Waals surface area contributed by atoms with Gasteiger partial charge in [-0.05, 0) is 52.8 Å². The topological polar surface area (TPSA) is 82.6 Å². The predicted octanol–water partition coefficient (Wildman–Crippen LogP) is 6.77. The Bertz CT molecular complexity index is 1030. The summed E-state index contributed by atoms with van der Waals surface area (Å²) in [4.78, 5) is 29.8. The van der Waals surface area contributed by atoms with Crippen LogP contribution >= 0.6 is 0 Å². The zero-order valence-corrected chi connectivity index (χ0v) is 23.5. The van der Waals surface area contributed by atoms with Crippen molar-refractivity contribution in [3.63, 3.8) is 0 Å². The molecule has 0 spiro atoms. The average Bonchev–Trinajstić information content (AvgIpc) is 2.81. The van der Waals surface area contributed by atoms with Gasteiger partial charge in [0, 0.05) is 11.4 Å². The van der Waals surface area contributed by atoms with Crippen LogP contribution in [0.4, 0.5) is 11.4 Å². The highest BCUT2D eigenvalue weighted by Crippen LogP contribution is 2.33. The van der Waals surface area contributed by atoms with Crippen molar-refractivity contribution in [2.45, 2.75) is 86.0 Å². The first-order chi connectivity index (χ1) is 16.9. The summed E-state index contributed by atoms with van der Waals surface area (Å²) < 4.78 is 0. The summed E-state index contributed by atoms with van der Waals surface area (Å²) in [5.74, 6) is 1.40. The number of anilines is 2. The number of hydrogen-bond acceptors (Lipinski definition) is 3. The molecule has 36 heavy (non-hydrogen) atoms. The zero-order valence-electron chi connectivity index (χ0n) is 23.5. The van der Waals surface area contributed by atoms with Gasteiger partial charge in [0.05, 0.1) is 12.4 Å². The number of nitrogens with one attached hydrogen (secondary N) is 3. The van der Waals surface area contributed by atoms with Crippen molar-refractivity contribution in [1.29, 1.82) is 0 Å². The summed E-state index contributed by atoms with van der Waals surface area (Å²) in [6.45, 7) is 18.8. The normalized spacial score (nSPS) is 12.0.